The molecule has 82 valence electrons. The summed E-state index contributed by atoms with van der Waals surface area (Å²) in [5.41, 5.74) is 1.87. The fourth-order valence-corrected chi connectivity index (χ4v) is 1.79. The van der Waals surface area contributed by atoms with Gasteiger partial charge >= 0.3 is 0 Å². The van der Waals surface area contributed by atoms with Crippen molar-refractivity contribution < 1.29 is 9.84 Å². The van der Waals surface area contributed by atoms with Gasteiger partial charge in [0.1, 0.15) is 11.5 Å². The molecule has 0 spiro atoms. The average molecular weight is 235 g/mol. The molecule has 1 N–H and O–H groups in total. The van der Waals surface area contributed by atoms with Crippen LogP contribution < -0.4 is 4.74 Å². The van der Waals surface area contributed by atoms with Crippen molar-refractivity contribution in [3.05, 3.63) is 47.5 Å². The van der Waals surface area contributed by atoms with Crippen LogP contribution >= 0.6 is 11.6 Å². The minimum atomic E-state index is 0.240. The van der Waals surface area contributed by atoms with Crippen molar-refractivity contribution in [1.29, 1.82) is 0 Å². The number of aromatic hydroxyl groups is 1. The number of rotatable bonds is 2. The van der Waals surface area contributed by atoms with Crippen molar-refractivity contribution in [3.8, 4) is 22.6 Å². The molecule has 0 fully saturated rings. The molecule has 0 aliphatic carbocycles. The molecule has 0 bridgehead atoms. The van der Waals surface area contributed by atoms with E-state index in [2.05, 4.69) is 0 Å². The molecule has 0 unspecified atom stereocenters. The highest BCUT2D eigenvalue weighted by Crippen LogP contribution is 2.31. The van der Waals surface area contributed by atoms with Crippen LogP contribution in [0.2, 0.25) is 5.02 Å². The molecule has 0 saturated heterocycles. The van der Waals surface area contributed by atoms with E-state index < -0.39 is 0 Å². The first-order valence-electron chi connectivity index (χ1n) is 4.83. The number of phenolic OH excluding ortho intramolecular Hbond substituents is 1. The lowest BCUT2D eigenvalue weighted by Crippen LogP contribution is -1.84. The van der Waals surface area contributed by atoms with Crippen molar-refractivity contribution in [2.24, 2.45) is 0 Å². The SMILES string of the molecule is COc1ccc(-c2cccc(O)c2)cc1Cl. The van der Waals surface area contributed by atoms with E-state index in [1.807, 2.05) is 24.3 Å². The monoisotopic (exact) mass is 234 g/mol. The Kier molecular flexibility index (Phi) is 3.02. The fraction of sp³-hybridized carbons (Fsp3) is 0.0769. The van der Waals surface area contributed by atoms with E-state index >= 15 is 0 Å². The highest BCUT2D eigenvalue weighted by Gasteiger charge is 2.04. The molecule has 2 rings (SSSR count). The predicted octanol–water partition coefficient (Wildman–Crippen LogP) is 3.72. The van der Waals surface area contributed by atoms with Gasteiger partial charge in [0.05, 0.1) is 12.1 Å². The summed E-state index contributed by atoms with van der Waals surface area (Å²) >= 11 is 6.03. The number of hydrogen-bond donors (Lipinski definition) is 1. The molecule has 3 heteroatoms. The average Bonchev–Trinajstić information content (AvgIpc) is 2.29. The summed E-state index contributed by atoms with van der Waals surface area (Å²) in [5, 5.41) is 9.95. The van der Waals surface area contributed by atoms with Gasteiger partial charge in [-0.25, -0.2) is 0 Å². The summed E-state index contributed by atoms with van der Waals surface area (Å²) in [6.45, 7) is 0. The van der Waals surface area contributed by atoms with Crippen molar-refractivity contribution in [3.63, 3.8) is 0 Å². The van der Waals surface area contributed by atoms with Gasteiger partial charge in [-0.15, -0.1) is 0 Å². The first-order chi connectivity index (χ1) is 7.70. The smallest absolute Gasteiger partial charge is 0.137 e. The summed E-state index contributed by atoms with van der Waals surface area (Å²) in [6, 6.07) is 12.6. The molecule has 2 aromatic carbocycles. The Bertz CT molecular complexity index is 509. The Morgan fingerprint density at radius 2 is 1.81 bits per heavy atom. The van der Waals surface area contributed by atoms with Crippen LogP contribution in [0.5, 0.6) is 11.5 Å². The van der Waals surface area contributed by atoms with Crippen molar-refractivity contribution in [2.45, 2.75) is 0 Å². The zero-order chi connectivity index (χ0) is 11.5. The zero-order valence-electron chi connectivity index (χ0n) is 8.77. The predicted molar refractivity (Wildman–Crippen MR) is 65.1 cm³/mol. The minimum absolute atomic E-state index is 0.240. The molecule has 0 heterocycles. The Balaban J connectivity index is 2.45. The summed E-state index contributed by atoms with van der Waals surface area (Å²) in [5.74, 6) is 0.884. The van der Waals surface area contributed by atoms with E-state index in [1.165, 1.54) is 0 Å². The van der Waals surface area contributed by atoms with E-state index in [-0.39, 0.29) is 5.75 Å². The third-order valence-corrected chi connectivity index (χ3v) is 2.63. The highest BCUT2D eigenvalue weighted by molar-refractivity contribution is 6.32. The van der Waals surface area contributed by atoms with Gasteiger partial charge in [-0.05, 0) is 35.4 Å². The Hall–Kier alpha value is -1.67. The maximum absolute atomic E-state index is 9.39. The molecule has 0 saturated carbocycles. The van der Waals surface area contributed by atoms with Crippen LogP contribution in [0.4, 0.5) is 0 Å². The van der Waals surface area contributed by atoms with E-state index in [4.69, 9.17) is 16.3 Å². The number of methoxy groups -OCH3 is 1. The van der Waals surface area contributed by atoms with Crippen LogP contribution in [0, 0.1) is 0 Å². The zero-order valence-corrected chi connectivity index (χ0v) is 9.53. The van der Waals surface area contributed by atoms with Crippen LogP contribution in [0.3, 0.4) is 0 Å². The van der Waals surface area contributed by atoms with Gasteiger partial charge in [0.15, 0.2) is 0 Å². The first-order valence-corrected chi connectivity index (χ1v) is 5.21. The van der Waals surface area contributed by atoms with Crippen LogP contribution in [0.15, 0.2) is 42.5 Å². The van der Waals surface area contributed by atoms with Gasteiger partial charge in [-0.2, -0.15) is 0 Å². The van der Waals surface area contributed by atoms with E-state index in [1.54, 1.807) is 25.3 Å². The van der Waals surface area contributed by atoms with Gasteiger partial charge < -0.3 is 9.84 Å². The van der Waals surface area contributed by atoms with E-state index in [0.717, 1.165) is 11.1 Å². The van der Waals surface area contributed by atoms with Crippen molar-refractivity contribution >= 4 is 11.6 Å². The largest absolute Gasteiger partial charge is 0.508 e. The standard InChI is InChI=1S/C13H11ClO2/c1-16-13-6-5-10(8-12(13)14)9-3-2-4-11(15)7-9/h2-8,15H,1H3. The molecular weight excluding hydrogens is 224 g/mol. The number of hydrogen-bond acceptors (Lipinski definition) is 2. The van der Waals surface area contributed by atoms with Gasteiger partial charge in [-0.3, -0.25) is 0 Å². The lowest BCUT2D eigenvalue weighted by Gasteiger charge is -2.06. The number of benzene rings is 2. The molecule has 0 aromatic heterocycles. The Morgan fingerprint density at radius 1 is 1.06 bits per heavy atom. The Morgan fingerprint density at radius 3 is 2.44 bits per heavy atom. The first kappa shape index (κ1) is 10.8. The molecule has 0 radical (unpaired) electrons. The fourth-order valence-electron chi connectivity index (χ4n) is 1.53. The summed E-state index contributed by atoms with van der Waals surface area (Å²) in [6.07, 6.45) is 0. The molecule has 0 aliphatic heterocycles. The summed E-state index contributed by atoms with van der Waals surface area (Å²) in [4.78, 5) is 0. The molecule has 16 heavy (non-hydrogen) atoms. The van der Waals surface area contributed by atoms with Crippen LogP contribution in [-0.4, -0.2) is 12.2 Å². The number of phenols is 1. The summed E-state index contributed by atoms with van der Waals surface area (Å²) in [7, 11) is 1.58. The maximum Gasteiger partial charge on any atom is 0.137 e. The maximum atomic E-state index is 9.39. The van der Waals surface area contributed by atoms with Crippen LogP contribution in [0.25, 0.3) is 11.1 Å². The summed E-state index contributed by atoms with van der Waals surface area (Å²) < 4.78 is 5.08. The lowest BCUT2D eigenvalue weighted by molar-refractivity contribution is 0.415. The lowest BCUT2D eigenvalue weighted by atomic mass is 10.1. The number of ether oxygens (including phenoxy) is 1. The molecule has 0 atom stereocenters. The highest BCUT2D eigenvalue weighted by atomic mass is 35.5. The molecular formula is C13H11ClO2. The van der Waals surface area contributed by atoms with Gasteiger partial charge in [0.25, 0.3) is 0 Å². The van der Waals surface area contributed by atoms with Crippen molar-refractivity contribution in [2.75, 3.05) is 7.11 Å². The van der Waals surface area contributed by atoms with Gasteiger partial charge in [0, 0.05) is 0 Å². The Labute approximate surface area is 99.1 Å². The quantitative estimate of drug-likeness (QED) is 0.858. The second kappa shape index (κ2) is 4.45. The normalized spacial score (nSPS) is 10.1. The molecule has 2 aromatic rings. The molecule has 0 aliphatic rings. The topological polar surface area (TPSA) is 29.5 Å². The third-order valence-electron chi connectivity index (χ3n) is 2.33. The third kappa shape index (κ3) is 2.12. The van der Waals surface area contributed by atoms with E-state index in [9.17, 15) is 5.11 Å². The molecule has 2 nitrogen and oxygen atoms in total. The van der Waals surface area contributed by atoms with Crippen LogP contribution in [-0.2, 0) is 0 Å². The van der Waals surface area contributed by atoms with Gasteiger partial charge in [0.2, 0.25) is 0 Å². The van der Waals surface area contributed by atoms with Crippen molar-refractivity contribution in [1.82, 2.24) is 0 Å². The minimum Gasteiger partial charge on any atom is -0.508 e. The number of halogens is 1. The second-order valence-corrected chi connectivity index (χ2v) is 3.81. The van der Waals surface area contributed by atoms with Gasteiger partial charge in [-0.1, -0.05) is 29.8 Å². The second-order valence-electron chi connectivity index (χ2n) is 3.40. The van der Waals surface area contributed by atoms with E-state index in [0.29, 0.717) is 10.8 Å². The van der Waals surface area contributed by atoms with Crippen LogP contribution in [0.1, 0.15) is 0 Å². The molecule has 0 amide bonds.